The molecule has 7 rings (SSSR count). The number of rotatable bonds is 6. The average molecular weight is 571 g/mol. The lowest BCUT2D eigenvalue weighted by Gasteiger charge is -2.36. The third-order valence-electron chi connectivity index (χ3n) is 8.25. The van der Waals surface area contributed by atoms with Gasteiger partial charge in [0.05, 0.1) is 12.3 Å². The number of nitrogens with one attached hydrogen (secondary N) is 2. The molecule has 2 aliphatic heterocycles. The van der Waals surface area contributed by atoms with Crippen molar-refractivity contribution >= 4 is 40.1 Å². The van der Waals surface area contributed by atoms with Gasteiger partial charge in [-0.2, -0.15) is 0 Å². The average Bonchev–Trinajstić information content (AvgIpc) is 3.52. The molecule has 0 bridgehead atoms. The van der Waals surface area contributed by atoms with Crippen LogP contribution in [-0.4, -0.2) is 40.4 Å². The predicted octanol–water partition coefficient (Wildman–Crippen LogP) is 6.61. The van der Waals surface area contributed by atoms with Crippen LogP contribution in [0.2, 0.25) is 0 Å². The Bertz CT molecular complexity index is 1860. The van der Waals surface area contributed by atoms with Crippen LogP contribution in [0.25, 0.3) is 10.9 Å². The highest BCUT2D eigenvalue weighted by molar-refractivity contribution is 6.22. The number of ether oxygens (including phenoxy) is 1. The predicted molar refractivity (Wildman–Crippen MR) is 166 cm³/mol. The first kappa shape index (κ1) is 26.5. The van der Waals surface area contributed by atoms with Crippen molar-refractivity contribution in [3.63, 3.8) is 0 Å². The smallest absolute Gasteiger partial charge is 0.332 e. The molecule has 5 aromatic rings. The zero-order valence-electron chi connectivity index (χ0n) is 23.8. The summed E-state index contributed by atoms with van der Waals surface area (Å²) < 4.78 is 5.46. The minimum Gasteiger partial charge on any atom is -0.494 e. The first-order valence-corrected chi connectivity index (χ1v) is 14.4. The second-order valence-corrected chi connectivity index (χ2v) is 10.9. The molecule has 4 amide bonds. The van der Waals surface area contributed by atoms with Crippen LogP contribution in [-0.2, 0) is 11.2 Å². The third kappa shape index (κ3) is 4.52. The summed E-state index contributed by atoms with van der Waals surface area (Å²) in [5, 5.41) is 3.94. The van der Waals surface area contributed by atoms with Crippen molar-refractivity contribution in [1.82, 2.24) is 9.88 Å². The molecule has 0 saturated carbocycles. The van der Waals surface area contributed by atoms with Crippen LogP contribution in [0.4, 0.5) is 16.2 Å². The van der Waals surface area contributed by atoms with Gasteiger partial charge in [0.2, 0.25) is 0 Å². The van der Waals surface area contributed by atoms with Crippen LogP contribution in [0.3, 0.4) is 0 Å². The summed E-state index contributed by atoms with van der Waals surface area (Å²) >= 11 is 0. The highest BCUT2D eigenvalue weighted by Gasteiger charge is 2.53. The number of carbonyl (C=O) groups excluding carboxylic acids is 3. The van der Waals surface area contributed by atoms with Crippen molar-refractivity contribution in [2.75, 3.05) is 16.8 Å². The summed E-state index contributed by atoms with van der Waals surface area (Å²) in [7, 11) is 0. The number of para-hydroxylation sites is 1. The molecule has 214 valence electrons. The second-order valence-electron chi connectivity index (χ2n) is 10.9. The summed E-state index contributed by atoms with van der Waals surface area (Å²) in [6, 6.07) is 28.4. The van der Waals surface area contributed by atoms with Crippen LogP contribution in [0, 0.1) is 6.92 Å². The molecule has 8 nitrogen and oxygen atoms in total. The number of aryl methyl sites for hydroxylation is 1. The minimum absolute atomic E-state index is 0.273. The Hall–Kier alpha value is -5.37. The molecule has 1 aromatic heterocycles. The van der Waals surface area contributed by atoms with Crippen LogP contribution in [0.15, 0.2) is 97.1 Å². The van der Waals surface area contributed by atoms with E-state index in [9.17, 15) is 14.4 Å². The molecule has 0 radical (unpaired) electrons. The van der Waals surface area contributed by atoms with Gasteiger partial charge in [-0.1, -0.05) is 48.0 Å². The van der Waals surface area contributed by atoms with E-state index < -0.39 is 12.1 Å². The lowest BCUT2D eigenvalue weighted by molar-refractivity contribution is -0.120. The van der Waals surface area contributed by atoms with Crippen molar-refractivity contribution in [1.29, 1.82) is 0 Å². The van der Waals surface area contributed by atoms with Gasteiger partial charge in [0.15, 0.2) is 0 Å². The zero-order chi connectivity index (χ0) is 29.7. The molecule has 0 unspecified atom stereocenters. The monoisotopic (exact) mass is 570 g/mol. The zero-order valence-corrected chi connectivity index (χ0v) is 23.8. The molecule has 0 spiro atoms. The number of H-pyrrole nitrogens is 1. The Morgan fingerprint density at radius 1 is 0.930 bits per heavy atom. The first-order valence-electron chi connectivity index (χ1n) is 14.4. The van der Waals surface area contributed by atoms with Gasteiger partial charge in [0, 0.05) is 34.3 Å². The number of imide groups is 1. The fourth-order valence-electron chi connectivity index (χ4n) is 6.17. The van der Waals surface area contributed by atoms with E-state index in [1.165, 1.54) is 4.90 Å². The molecule has 2 aliphatic rings. The van der Waals surface area contributed by atoms with Crippen molar-refractivity contribution in [2.24, 2.45) is 0 Å². The summed E-state index contributed by atoms with van der Waals surface area (Å²) in [4.78, 5) is 47.5. The molecule has 43 heavy (non-hydrogen) atoms. The largest absolute Gasteiger partial charge is 0.494 e. The quantitative estimate of drug-likeness (QED) is 0.225. The van der Waals surface area contributed by atoms with E-state index in [0.717, 1.165) is 39.0 Å². The molecule has 4 aromatic carbocycles. The van der Waals surface area contributed by atoms with Gasteiger partial charge in [-0.05, 0) is 79.6 Å². The number of nitrogens with zero attached hydrogens (tertiary/aromatic N) is 2. The number of anilines is 2. The second kappa shape index (κ2) is 10.5. The Labute approximate surface area is 248 Å². The van der Waals surface area contributed by atoms with Crippen molar-refractivity contribution in [2.45, 2.75) is 32.4 Å². The summed E-state index contributed by atoms with van der Waals surface area (Å²) in [5.41, 5.74) is 6.51. The molecule has 8 heteroatoms. The lowest BCUT2D eigenvalue weighted by Crippen LogP contribution is -2.44. The highest BCUT2D eigenvalue weighted by Crippen LogP contribution is 2.44. The molecule has 2 N–H and O–H groups in total. The Morgan fingerprint density at radius 3 is 2.37 bits per heavy atom. The lowest BCUT2D eigenvalue weighted by atomic mass is 9.88. The number of aromatic amines is 1. The maximum atomic E-state index is 14.1. The van der Waals surface area contributed by atoms with Crippen molar-refractivity contribution in [3.05, 3.63) is 125 Å². The summed E-state index contributed by atoms with van der Waals surface area (Å²) in [6.07, 6.45) is 0.422. The molecular formula is C35H30N4O4. The first-order chi connectivity index (χ1) is 20.9. The van der Waals surface area contributed by atoms with Gasteiger partial charge in [0.1, 0.15) is 17.8 Å². The van der Waals surface area contributed by atoms with Gasteiger partial charge < -0.3 is 15.0 Å². The van der Waals surface area contributed by atoms with Gasteiger partial charge >= 0.3 is 6.03 Å². The van der Waals surface area contributed by atoms with Gasteiger partial charge in [-0.15, -0.1) is 0 Å². The molecule has 0 aliphatic carbocycles. The van der Waals surface area contributed by atoms with Gasteiger partial charge in [-0.3, -0.25) is 14.5 Å². The van der Waals surface area contributed by atoms with Crippen LogP contribution >= 0.6 is 0 Å². The maximum Gasteiger partial charge on any atom is 0.332 e. The fourth-order valence-corrected chi connectivity index (χ4v) is 6.17. The highest BCUT2D eigenvalue weighted by atomic mass is 16.5. The molecular weight excluding hydrogens is 540 g/mol. The molecule has 1 saturated heterocycles. The van der Waals surface area contributed by atoms with E-state index in [0.29, 0.717) is 30.0 Å². The fraction of sp³-hybridized carbons (Fsp3) is 0.171. The van der Waals surface area contributed by atoms with Crippen molar-refractivity contribution < 1.29 is 19.1 Å². The number of benzene rings is 4. The Balaban J connectivity index is 1.18. The Kier molecular flexibility index (Phi) is 6.46. The van der Waals surface area contributed by atoms with E-state index in [2.05, 4.69) is 16.4 Å². The van der Waals surface area contributed by atoms with Crippen LogP contribution in [0.1, 0.15) is 45.7 Å². The number of hydrogen-bond donors (Lipinski definition) is 2. The summed E-state index contributed by atoms with van der Waals surface area (Å²) in [6.45, 7) is 4.50. The van der Waals surface area contributed by atoms with E-state index in [1.807, 2.05) is 56.3 Å². The number of fused-ring (bicyclic) bond motifs is 4. The van der Waals surface area contributed by atoms with Gasteiger partial charge in [0.25, 0.3) is 11.8 Å². The number of carbonyl (C=O) groups is 3. The molecule has 2 atom stereocenters. The minimum atomic E-state index is -0.645. The standard InChI is InChI=1S/C35H30N4O4/c1-3-43-26-18-14-24(15-19-26)36-33(40)23-12-16-25(17-13-23)38-34(41)30-20-28-27-6-4-5-7-29(27)37-31(28)32(39(30)35(38)42)22-10-8-21(2)9-11-22/h4-19,30,32,37H,3,20H2,1-2H3,(H,36,40)/t30-,32-/m0/s1. The van der Waals surface area contributed by atoms with Crippen LogP contribution in [0.5, 0.6) is 5.75 Å². The maximum absolute atomic E-state index is 14.1. The number of hydrogen-bond acceptors (Lipinski definition) is 4. The topological polar surface area (TPSA) is 94.7 Å². The molecule has 1 fully saturated rings. The number of aromatic nitrogens is 1. The van der Waals surface area contributed by atoms with E-state index in [-0.39, 0.29) is 17.8 Å². The summed E-state index contributed by atoms with van der Waals surface area (Å²) in [5.74, 6) is 0.160. The van der Waals surface area contributed by atoms with E-state index >= 15 is 0 Å². The number of amides is 4. The van der Waals surface area contributed by atoms with Crippen LogP contribution < -0.4 is 15.0 Å². The molecule has 3 heterocycles. The van der Waals surface area contributed by atoms with Crippen molar-refractivity contribution in [3.8, 4) is 5.75 Å². The van der Waals surface area contributed by atoms with E-state index in [1.54, 1.807) is 53.4 Å². The normalized spacial score (nSPS) is 17.6. The number of urea groups is 1. The SMILES string of the molecule is CCOc1ccc(NC(=O)c2ccc(N3C(=O)[C@@H]4Cc5c([nH]c6ccccc56)[C@H](c5ccc(C)cc5)N4C3=O)cc2)cc1. The third-order valence-corrected chi connectivity index (χ3v) is 8.25. The van der Waals surface area contributed by atoms with E-state index in [4.69, 9.17) is 4.74 Å². The van der Waals surface area contributed by atoms with Gasteiger partial charge in [-0.25, -0.2) is 9.69 Å². The Morgan fingerprint density at radius 2 is 1.65 bits per heavy atom.